The van der Waals surface area contributed by atoms with Crippen molar-refractivity contribution in [3.8, 4) is 0 Å². The summed E-state index contributed by atoms with van der Waals surface area (Å²) in [7, 11) is 0. The van der Waals surface area contributed by atoms with Gasteiger partial charge in [-0.1, -0.05) is 26.2 Å². The molecule has 0 bridgehead atoms. The van der Waals surface area contributed by atoms with Crippen LogP contribution >= 0.6 is 23.9 Å². The molecule has 12 heavy (non-hydrogen) atoms. The Morgan fingerprint density at radius 1 is 1.42 bits per heavy atom. The molecule has 1 rings (SSSR count). The van der Waals surface area contributed by atoms with E-state index in [1.54, 1.807) is 11.9 Å². The molecule has 0 aromatic carbocycles. The van der Waals surface area contributed by atoms with E-state index in [0.717, 1.165) is 0 Å². The second-order valence-electron chi connectivity index (χ2n) is 2.71. The van der Waals surface area contributed by atoms with Crippen molar-refractivity contribution in [2.24, 2.45) is 0 Å². The summed E-state index contributed by atoms with van der Waals surface area (Å²) in [5, 5.41) is 2.05. The van der Waals surface area contributed by atoms with Crippen LogP contribution in [0.2, 0.25) is 0 Å². The lowest BCUT2D eigenvalue weighted by Crippen LogP contribution is -2.15. The number of hydrazine groups is 1. The van der Waals surface area contributed by atoms with Gasteiger partial charge in [-0.25, -0.2) is 4.41 Å². The predicted molar refractivity (Wildman–Crippen MR) is 58.3 cm³/mol. The first-order valence-electron chi connectivity index (χ1n) is 4.43. The van der Waals surface area contributed by atoms with Crippen LogP contribution in [-0.4, -0.2) is 10.2 Å². The van der Waals surface area contributed by atoms with Gasteiger partial charge in [-0.2, -0.15) is 4.83 Å². The van der Waals surface area contributed by atoms with Gasteiger partial charge in [-0.15, -0.1) is 0 Å². The average molecular weight is 204 g/mol. The molecule has 0 radical (unpaired) electrons. The second kappa shape index (κ2) is 6.69. The molecule has 70 valence electrons. The largest absolute Gasteiger partial charge is 0.247 e. The van der Waals surface area contributed by atoms with Crippen molar-refractivity contribution in [2.75, 3.05) is 5.75 Å². The number of hydrogen-bond donors (Lipinski definition) is 1. The Labute approximate surface area is 83.4 Å². The van der Waals surface area contributed by atoms with Crippen LogP contribution in [0.1, 0.15) is 32.6 Å². The Hall–Kier alpha value is 0.200. The first kappa shape index (κ1) is 10.3. The highest BCUT2D eigenvalue weighted by molar-refractivity contribution is 8.02. The Morgan fingerprint density at radius 2 is 2.33 bits per heavy atom. The molecule has 0 amide bonds. The Kier molecular flexibility index (Phi) is 5.73. The summed E-state index contributed by atoms with van der Waals surface area (Å²) in [5.41, 5.74) is 0. The van der Waals surface area contributed by atoms with E-state index in [0.29, 0.717) is 0 Å². The van der Waals surface area contributed by atoms with E-state index in [9.17, 15) is 0 Å². The standard InChI is InChI=1S/C8H16N2S2/c1-2-3-4-5-7-12-10-6-8-11-9-10/h6,8-9H,2-5,7H2,1H3. The highest BCUT2D eigenvalue weighted by atomic mass is 32.2. The highest BCUT2D eigenvalue weighted by Gasteiger charge is 2.02. The quantitative estimate of drug-likeness (QED) is 0.528. The van der Waals surface area contributed by atoms with Crippen molar-refractivity contribution in [3.05, 3.63) is 11.6 Å². The molecule has 1 N–H and O–H groups in total. The fourth-order valence-corrected chi connectivity index (χ4v) is 2.46. The molecule has 0 aliphatic carbocycles. The van der Waals surface area contributed by atoms with Gasteiger partial charge < -0.3 is 0 Å². The molecule has 0 fully saturated rings. The third kappa shape index (κ3) is 4.28. The van der Waals surface area contributed by atoms with Crippen molar-refractivity contribution < 1.29 is 0 Å². The summed E-state index contributed by atoms with van der Waals surface area (Å²) >= 11 is 3.47. The smallest absolute Gasteiger partial charge is 0.0372 e. The second-order valence-corrected chi connectivity index (χ2v) is 4.46. The SMILES string of the molecule is CCCCCCSN1C=CSN1. The van der Waals surface area contributed by atoms with E-state index < -0.39 is 0 Å². The molecule has 1 aliphatic rings. The maximum atomic E-state index is 3.15. The first-order chi connectivity index (χ1) is 5.93. The molecule has 0 saturated carbocycles. The molecule has 0 atom stereocenters. The molecular formula is C8H16N2S2. The molecule has 1 aliphatic heterocycles. The summed E-state index contributed by atoms with van der Waals surface area (Å²) in [6, 6.07) is 0. The van der Waals surface area contributed by atoms with E-state index in [1.807, 2.05) is 11.9 Å². The molecule has 1 heterocycles. The molecule has 0 saturated heterocycles. The summed E-state index contributed by atoms with van der Waals surface area (Å²) in [4.78, 5) is 3.15. The molecular weight excluding hydrogens is 188 g/mol. The number of hydrogen-bond acceptors (Lipinski definition) is 4. The minimum atomic E-state index is 1.22. The van der Waals surface area contributed by atoms with Gasteiger partial charge in [0, 0.05) is 17.4 Å². The predicted octanol–water partition coefficient (Wildman–Crippen LogP) is 3.15. The lowest BCUT2D eigenvalue weighted by atomic mass is 10.2. The average Bonchev–Trinajstić information content (AvgIpc) is 2.57. The minimum Gasteiger partial charge on any atom is -0.247 e. The van der Waals surface area contributed by atoms with Crippen LogP contribution in [0.15, 0.2) is 11.6 Å². The molecule has 2 nitrogen and oxygen atoms in total. The number of nitrogens with zero attached hydrogens (tertiary/aromatic N) is 1. The summed E-state index contributed by atoms with van der Waals surface area (Å²) in [5.74, 6) is 1.22. The van der Waals surface area contributed by atoms with Crippen molar-refractivity contribution in [2.45, 2.75) is 32.6 Å². The lowest BCUT2D eigenvalue weighted by Gasteiger charge is -2.12. The molecule has 4 heteroatoms. The fraction of sp³-hybridized carbons (Fsp3) is 0.750. The Morgan fingerprint density at radius 3 is 3.00 bits per heavy atom. The Bertz CT molecular complexity index is 139. The normalized spacial score (nSPS) is 15.9. The third-order valence-corrected chi connectivity index (χ3v) is 3.27. The molecule has 0 spiro atoms. The van der Waals surface area contributed by atoms with E-state index >= 15 is 0 Å². The number of nitrogens with one attached hydrogen (secondary N) is 1. The van der Waals surface area contributed by atoms with Crippen LogP contribution in [-0.2, 0) is 0 Å². The number of rotatable bonds is 6. The molecule has 0 aromatic rings. The highest BCUT2D eigenvalue weighted by Crippen LogP contribution is 2.18. The molecule has 0 unspecified atom stereocenters. The zero-order chi connectivity index (χ0) is 8.65. The summed E-state index contributed by atoms with van der Waals surface area (Å²) in [6.07, 6.45) is 7.46. The van der Waals surface area contributed by atoms with Crippen molar-refractivity contribution >= 4 is 23.9 Å². The molecule has 0 aromatic heterocycles. The van der Waals surface area contributed by atoms with E-state index in [1.165, 1.54) is 31.4 Å². The van der Waals surface area contributed by atoms with Crippen molar-refractivity contribution in [3.63, 3.8) is 0 Å². The maximum absolute atomic E-state index is 3.15. The zero-order valence-electron chi connectivity index (χ0n) is 7.45. The fourth-order valence-electron chi connectivity index (χ4n) is 0.960. The lowest BCUT2D eigenvalue weighted by molar-refractivity contribution is 0.614. The van der Waals surface area contributed by atoms with Crippen LogP contribution in [0.25, 0.3) is 0 Å². The number of unbranched alkanes of at least 4 members (excludes halogenated alkanes) is 3. The van der Waals surface area contributed by atoms with Gasteiger partial charge in [0.1, 0.15) is 0 Å². The van der Waals surface area contributed by atoms with Gasteiger partial charge in [0.15, 0.2) is 0 Å². The Balaban J connectivity index is 1.85. The van der Waals surface area contributed by atoms with Gasteiger partial charge in [0.05, 0.1) is 0 Å². The minimum absolute atomic E-state index is 1.22. The summed E-state index contributed by atoms with van der Waals surface area (Å²) in [6.45, 7) is 2.24. The monoisotopic (exact) mass is 204 g/mol. The topological polar surface area (TPSA) is 15.3 Å². The van der Waals surface area contributed by atoms with Gasteiger partial charge in [0.25, 0.3) is 0 Å². The van der Waals surface area contributed by atoms with E-state index in [4.69, 9.17) is 0 Å². The zero-order valence-corrected chi connectivity index (χ0v) is 9.09. The van der Waals surface area contributed by atoms with Crippen LogP contribution in [0.5, 0.6) is 0 Å². The first-order valence-corrected chi connectivity index (χ1v) is 6.26. The van der Waals surface area contributed by atoms with E-state index in [2.05, 4.69) is 27.8 Å². The van der Waals surface area contributed by atoms with E-state index in [-0.39, 0.29) is 0 Å². The van der Waals surface area contributed by atoms with Gasteiger partial charge in [0.2, 0.25) is 0 Å². The van der Waals surface area contributed by atoms with Crippen LogP contribution in [0, 0.1) is 0 Å². The van der Waals surface area contributed by atoms with Gasteiger partial charge in [-0.05, 0) is 30.3 Å². The van der Waals surface area contributed by atoms with Crippen molar-refractivity contribution in [1.29, 1.82) is 0 Å². The van der Waals surface area contributed by atoms with Crippen LogP contribution in [0.3, 0.4) is 0 Å². The van der Waals surface area contributed by atoms with Crippen LogP contribution < -0.4 is 4.83 Å². The van der Waals surface area contributed by atoms with Crippen LogP contribution in [0.4, 0.5) is 0 Å². The third-order valence-electron chi connectivity index (χ3n) is 1.64. The maximum Gasteiger partial charge on any atom is 0.0372 e. The van der Waals surface area contributed by atoms with Gasteiger partial charge >= 0.3 is 0 Å². The summed E-state index contributed by atoms with van der Waals surface area (Å²) < 4.78 is 2.07. The van der Waals surface area contributed by atoms with Gasteiger partial charge in [-0.3, -0.25) is 0 Å². The van der Waals surface area contributed by atoms with Crippen molar-refractivity contribution in [1.82, 2.24) is 9.25 Å².